The molecule has 0 amide bonds. The molecule has 0 heterocycles. The molecule has 0 fully saturated rings. The smallest absolute Gasteiger partial charge is 0.0540 e. The number of para-hydroxylation sites is 2. The summed E-state index contributed by atoms with van der Waals surface area (Å²) < 4.78 is 0. The number of aryl methyl sites for hydroxylation is 2. The molecule has 0 aliphatic heterocycles. The minimum absolute atomic E-state index is 1.00. The molecule has 13 aromatic rings. The minimum atomic E-state index is 1.00. The quantitative estimate of drug-likeness (QED) is 0.135. The maximum Gasteiger partial charge on any atom is 0.0540 e. The van der Waals surface area contributed by atoms with Crippen LogP contribution in [0.2, 0.25) is 0 Å². The summed E-state index contributed by atoms with van der Waals surface area (Å²) in [5, 5.41) is 15.4. The molecular formula is C66H48N2. The molecule has 0 aliphatic rings. The second-order valence-corrected chi connectivity index (χ2v) is 18.1. The van der Waals surface area contributed by atoms with Gasteiger partial charge in [0.15, 0.2) is 0 Å². The average Bonchev–Trinajstić information content (AvgIpc) is 3.92. The van der Waals surface area contributed by atoms with Gasteiger partial charge in [-0.2, -0.15) is 0 Å². The van der Waals surface area contributed by atoms with Gasteiger partial charge in [-0.25, -0.2) is 0 Å². The topological polar surface area (TPSA) is 6.48 Å². The Morgan fingerprint density at radius 2 is 0.559 bits per heavy atom. The van der Waals surface area contributed by atoms with Crippen LogP contribution in [0.3, 0.4) is 0 Å². The van der Waals surface area contributed by atoms with Gasteiger partial charge in [0.2, 0.25) is 0 Å². The van der Waals surface area contributed by atoms with Gasteiger partial charge in [0.05, 0.1) is 11.4 Å². The van der Waals surface area contributed by atoms with Gasteiger partial charge in [0, 0.05) is 33.5 Å². The summed E-state index contributed by atoms with van der Waals surface area (Å²) >= 11 is 0. The molecular weight excluding hydrogens is 821 g/mol. The zero-order valence-corrected chi connectivity index (χ0v) is 38.2. The predicted molar refractivity (Wildman–Crippen MR) is 293 cm³/mol. The molecule has 0 aromatic heterocycles. The molecule has 0 atom stereocenters. The zero-order chi connectivity index (χ0) is 45.3. The monoisotopic (exact) mass is 868 g/mol. The molecule has 0 unspecified atom stereocenters. The Morgan fingerprint density at radius 3 is 0.912 bits per heavy atom. The fourth-order valence-corrected chi connectivity index (χ4v) is 11.4. The van der Waals surface area contributed by atoms with Gasteiger partial charge in [-0.1, -0.05) is 184 Å². The molecule has 0 aliphatic carbocycles. The van der Waals surface area contributed by atoms with Crippen LogP contribution in [0.4, 0.5) is 34.1 Å². The highest BCUT2D eigenvalue weighted by atomic mass is 15.1. The molecule has 0 bridgehead atoms. The molecule has 322 valence electrons. The van der Waals surface area contributed by atoms with Crippen molar-refractivity contribution < 1.29 is 0 Å². The van der Waals surface area contributed by atoms with Crippen LogP contribution in [-0.4, -0.2) is 0 Å². The Hall–Kier alpha value is -8.46. The van der Waals surface area contributed by atoms with Gasteiger partial charge in [0.1, 0.15) is 0 Å². The molecule has 0 radical (unpaired) electrons. The Morgan fingerprint density at radius 1 is 0.250 bits per heavy atom. The van der Waals surface area contributed by atoms with Gasteiger partial charge in [-0.15, -0.1) is 0 Å². The van der Waals surface area contributed by atoms with Crippen LogP contribution in [0.15, 0.2) is 231 Å². The molecule has 0 spiro atoms. The van der Waals surface area contributed by atoms with E-state index in [2.05, 4.69) is 254 Å². The minimum Gasteiger partial charge on any atom is -0.310 e. The normalized spacial score (nSPS) is 11.8. The van der Waals surface area contributed by atoms with E-state index in [9.17, 15) is 0 Å². The lowest BCUT2D eigenvalue weighted by Crippen LogP contribution is -2.10. The zero-order valence-electron chi connectivity index (χ0n) is 38.2. The van der Waals surface area contributed by atoms with E-state index in [1.807, 2.05) is 0 Å². The summed E-state index contributed by atoms with van der Waals surface area (Å²) in [4.78, 5) is 4.87. The van der Waals surface area contributed by atoms with E-state index in [4.69, 9.17) is 0 Å². The Bertz CT molecular complexity index is 3620. The van der Waals surface area contributed by atoms with Crippen molar-refractivity contribution in [3.05, 3.63) is 242 Å². The first-order valence-electron chi connectivity index (χ1n) is 24.1. The van der Waals surface area contributed by atoms with E-state index in [-0.39, 0.29) is 0 Å². The van der Waals surface area contributed by atoms with Gasteiger partial charge in [0.25, 0.3) is 0 Å². The first-order valence-corrected chi connectivity index (χ1v) is 24.1. The van der Waals surface area contributed by atoms with Crippen molar-refractivity contribution in [2.75, 3.05) is 9.80 Å². The van der Waals surface area contributed by atoms with Crippen molar-refractivity contribution in [3.63, 3.8) is 0 Å². The third-order valence-electron chi connectivity index (χ3n) is 14.5. The highest BCUT2D eigenvalue weighted by Crippen LogP contribution is 2.57. The summed E-state index contributed by atoms with van der Waals surface area (Å²) in [6.07, 6.45) is 2.00. The van der Waals surface area contributed by atoms with E-state index in [0.29, 0.717) is 0 Å². The van der Waals surface area contributed by atoms with E-state index < -0.39 is 0 Å². The number of fused-ring (bicyclic) bond motifs is 6. The van der Waals surface area contributed by atoms with E-state index in [1.54, 1.807) is 0 Å². The van der Waals surface area contributed by atoms with Crippen molar-refractivity contribution in [1.29, 1.82) is 0 Å². The Kier molecular flexibility index (Phi) is 9.47. The molecule has 0 saturated heterocycles. The largest absolute Gasteiger partial charge is 0.310 e. The van der Waals surface area contributed by atoms with E-state index in [0.717, 1.165) is 35.6 Å². The molecule has 2 heteroatoms. The van der Waals surface area contributed by atoms with Crippen LogP contribution in [0.5, 0.6) is 0 Å². The Labute approximate surface area is 397 Å². The number of nitrogens with zero attached hydrogens (tertiary/aromatic N) is 2. The van der Waals surface area contributed by atoms with Crippen LogP contribution in [0.1, 0.15) is 25.0 Å². The Balaban J connectivity index is 1.18. The average molecular weight is 869 g/mol. The lowest BCUT2D eigenvalue weighted by Gasteiger charge is -2.27. The maximum atomic E-state index is 2.44. The molecule has 68 heavy (non-hydrogen) atoms. The van der Waals surface area contributed by atoms with Crippen molar-refractivity contribution in [3.8, 4) is 22.3 Å². The van der Waals surface area contributed by atoms with Gasteiger partial charge in [-0.05, 0) is 161 Å². The first kappa shape index (κ1) is 39.9. The summed E-state index contributed by atoms with van der Waals surface area (Å²) in [6, 6.07) is 85.7. The standard InChI is InChI=1S/C66H48N2/c1-3-43-31-35-49(36-32-43)67(47-23-13-7-14-24-47)57-41-39-55-61-51(57)27-17-29-53(61)63-59(45-19-9-5-10-20-45)64-54-30-18-28-52-58(68(48-25-15-8-16-26-48)50-37-33-44(4-2)34-38-50)42-40-56(62(52)54)66(64)60(65(55)63)46-21-11-6-12-22-46/h5-42H,3-4H2,1-2H3. The number of rotatable bonds is 10. The lowest BCUT2D eigenvalue weighted by molar-refractivity contribution is 1.14. The third-order valence-corrected chi connectivity index (χ3v) is 14.5. The highest BCUT2D eigenvalue weighted by molar-refractivity contribution is 6.47. The second kappa shape index (κ2) is 16.2. The molecule has 2 nitrogen and oxygen atoms in total. The van der Waals surface area contributed by atoms with Crippen molar-refractivity contribution in [2.45, 2.75) is 26.7 Å². The summed E-state index contributed by atoms with van der Waals surface area (Å²) in [7, 11) is 0. The summed E-state index contributed by atoms with van der Waals surface area (Å²) in [5.41, 5.74) is 14.6. The number of benzene rings is 11. The van der Waals surface area contributed by atoms with Gasteiger partial charge in [-0.3, -0.25) is 0 Å². The predicted octanol–water partition coefficient (Wildman–Crippen LogP) is 18.9. The van der Waals surface area contributed by atoms with Crippen LogP contribution in [0, 0.1) is 0 Å². The van der Waals surface area contributed by atoms with Gasteiger partial charge < -0.3 is 9.80 Å². The van der Waals surface area contributed by atoms with E-state index in [1.165, 1.54) is 109 Å². The third kappa shape index (κ3) is 6.11. The van der Waals surface area contributed by atoms with Crippen LogP contribution in [0.25, 0.3) is 86.9 Å². The molecule has 13 aromatic carbocycles. The fourth-order valence-electron chi connectivity index (χ4n) is 11.4. The number of hydrogen-bond acceptors (Lipinski definition) is 2. The fraction of sp³-hybridized carbons (Fsp3) is 0.0606. The lowest BCUT2D eigenvalue weighted by atomic mass is 9.87. The molecule has 0 saturated carbocycles. The van der Waals surface area contributed by atoms with Crippen molar-refractivity contribution in [2.24, 2.45) is 0 Å². The van der Waals surface area contributed by atoms with E-state index >= 15 is 0 Å². The first-order chi connectivity index (χ1) is 33.7. The van der Waals surface area contributed by atoms with Crippen LogP contribution in [-0.2, 0) is 12.8 Å². The molecule has 13 rings (SSSR count). The number of anilines is 6. The van der Waals surface area contributed by atoms with Crippen molar-refractivity contribution >= 4 is 98.8 Å². The number of hydrogen-bond donors (Lipinski definition) is 0. The summed E-state index contributed by atoms with van der Waals surface area (Å²) in [6.45, 7) is 4.44. The van der Waals surface area contributed by atoms with Crippen molar-refractivity contribution in [1.82, 2.24) is 0 Å². The highest BCUT2D eigenvalue weighted by Gasteiger charge is 2.29. The molecule has 0 N–H and O–H groups in total. The van der Waals surface area contributed by atoms with Gasteiger partial charge >= 0.3 is 0 Å². The van der Waals surface area contributed by atoms with Crippen LogP contribution >= 0.6 is 0 Å². The SMILES string of the molecule is CCc1ccc(N(c2ccccc2)c2ccc3c4c(-c5ccccc5)c5c6ccc(N(c7ccccc7)c7ccc(CC)cc7)c7cccc(c5c(-c5ccccc5)c4c4cccc2c43)c76)cc1. The second-order valence-electron chi connectivity index (χ2n) is 18.1. The summed E-state index contributed by atoms with van der Waals surface area (Å²) in [5.74, 6) is 0. The maximum absolute atomic E-state index is 2.44. The van der Waals surface area contributed by atoms with Crippen LogP contribution < -0.4 is 9.80 Å².